The number of carbonyl (C=O) groups excluding carboxylic acids is 1. The van der Waals surface area contributed by atoms with Crippen LogP contribution in [0.3, 0.4) is 0 Å². The second-order valence-corrected chi connectivity index (χ2v) is 9.20. The fraction of sp³-hybridized carbons (Fsp3) is 0.379. The summed E-state index contributed by atoms with van der Waals surface area (Å²) in [6.45, 7) is 10.0. The van der Waals surface area contributed by atoms with Crippen LogP contribution in [-0.2, 0) is 17.9 Å². The largest absolute Gasteiger partial charge is 0.489 e. The van der Waals surface area contributed by atoms with Crippen LogP contribution in [0.4, 0.5) is 5.82 Å². The molecule has 35 heavy (non-hydrogen) atoms. The molecule has 2 aromatic carbocycles. The summed E-state index contributed by atoms with van der Waals surface area (Å²) >= 11 is 0. The smallest absolute Gasteiger partial charge is 0.342 e. The fourth-order valence-corrected chi connectivity index (χ4v) is 4.48. The molecule has 4 rings (SSSR count). The molecule has 1 aromatic heterocycles. The molecule has 0 radical (unpaired) electrons. The van der Waals surface area contributed by atoms with E-state index in [0.29, 0.717) is 18.2 Å². The van der Waals surface area contributed by atoms with Crippen LogP contribution in [0.15, 0.2) is 72.9 Å². The molecule has 1 fully saturated rings. The van der Waals surface area contributed by atoms with Gasteiger partial charge in [-0.2, -0.15) is 0 Å². The summed E-state index contributed by atoms with van der Waals surface area (Å²) in [5.74, 6) is 1.29. The van der Waals surface area contributed by atoms with Gasteiger partial charge in [0.25, 0.3) is 0 Å². The van der Waals surface area contributed by atoms with Gasteiger partial charge in [-0.15, -0.1) is 0 Å². The summed E-state index contributed by atoms with van der Waals surface area (Å²) in [5.41, 5.74) is 2.96. The molecule has 0 aliphatic carbocycles. The average molecular weight is 474 g/mol. The van der Waals surface area contributed by atoms with Crippen molar-refractivity contribution in [3.8, 4) is 5.75 Å². The number of anilines is 1. The maximum absolute atomic E-state index is 12.6. The summed E-state index contributed by atoms with van der Waals surface area (Å²) < 4.78 is 11.4. The monoisotopic (exact) mass is 473 g/mol. The first-order chi connectivity index (χ1) is 17.0. The van der Waals surface area contributed by atoms with Gasteiger partial charge in [0.2, 0.25) is 0 Å². The summed E-state index contributed by atoms with van der Waals surface area (Å²) in [5, 5.41) is 0. The van der Waals surface area contributed by atoms with Gasteiger partial charge in [0.15, 0.2) is 0 Å². The van der Waals surface area contributed by atoms with Crippen LogP contribution >= 0.6 is 0 Å². The average Bonchev–Trinajstić information content (AvgIpc) is 3.37. The predicted octanol–water partition coefficient (Wildman–Crippen LogP) is 5.33. The number of pyridine rings is 1. The van der Waals surface area contributed by atoms with Crippen LogP contribution in [0.1, 0.15) is 48.7 Å². The number of aromatic nitrogens is 1. The molecule has 1 aliphatic heterocycles. The lowest BCUT2D eigenvalue weighted by Gasteiger charge is -2.28. The quantitative estimate of drug-likeness (QED) is 0.371. The van der Waals surface area contributed by atoms with Crippen molar-refractivity contribution in [3.05, 3.63) is 89.6 Å². The molecular weight excluding hydrogens is 438 g/mol. The van der Waals surface area contributed by atoms with Gasteiger partial charge in [-0.25, -0.2) is 9.78 Å². The zero-order chi connectivity index (χ0) is 24.6. The van der Waals surface area contributed by atoms with E-state index in [0.717, 1.165) is 49.7 Å². The molecule has 1 unspecified atom stereocenters. The van der Waals surface area contributed by atoms with Crippen LogP contribution in [0.5, 0.6) is 5.75 Å². The van der Waals surface area contributed by atoms with Crippen molar-refractivity contribution in [2.24, 2.45) is 0 Å². The lowest BCUT2D eigenvalue weighted by Crippen LogP contribution is -2.37. The minimum absolute atomic E-state index is 0.160. The van der Waals surface area contributed by atoms with Crippen molar-refractivity contribution in [1.29, 1.82) is 0 Å². The Labute approximate surface area is 208 Å². The topological polar surface area (TPSA) is 54.9 Å². The standard InChI is InChI=1S/C29H35N3O3/c1-4-31(19-23-12-14-26(15-13-23)34-21-24-9-6-5-7-10-24)25-16-18-32(20-25)28-27(11-8-17-30-28)29(33)35-22(2)3/h5-15,17,22,25H,4,16,18-21H2,1-3H3. The number of hydrogen-bond acceptors (Lipinski definition) is 6. The molecule has 1 aliphatic rings. The molecule has 3 aromatic rings. The van der Waals surface area contributed by atoms with Crippen molar-refractivity contribution >= 4 is 11.8 Å². The summed E-state index contributed by atoms with van der Waals surface area (Å²) in [7, 11) is 0. The second kappa shape index (κ2) is 11.8. The minimum Gasteiger partial charge on any atom is -0.489 e. The fourth-order valence-electron chi connectivity index (χ4n) is 4.48. The van der Waals surface area contributed by atoms with Crippen LogP contribution in [0, 0.1) is 0 Å². The Balaban J connectivity index is 1.35. The Hall–Kier alpha value is -3.38. The van der Waals surface area contributed by atoms with E-state index >= 15 is 0 Å². The number of rotatable bonds is 10. The highest BCUT2D eigenvalue weighted by atomic mass is 16.5. The molecular formula is C29H35N3O3. The Morgan fingerprint density at radius 2 is 1.83 bits per heavy atom. The lowest BCUT2D eigenvalue weighted by atomic mass is 10.1. The maximum atomic E-state index is 12.6. The van der Waals surface area contributed by atoms with Crippen LogP contribution in [0.2, 0.25) is 0 Å². The number of hydrogen-bond donors (Lipinski definition) is 0. The molecule has 0 saturated carbocycles. The lowest BCUT2D eigenvalue weighted by molar-refractivity contribution is 0.0378. The van der Waals surface area contributed by atoms with E-state index in [2.05, 4.69) is 46.0 Å². The van der Waals surface area contributed by atoms with E-state index in [-0.39, 0.29) is 12.1 Å². The highest BCUT2D eigenvalue weighted by Crippen LogP contribution is 2.26. The first-order valence-corrected chi connectivity index (χ1v) is 12.4. The van der Waals surface area contributed by atoms with Gasteiger partial charge in [-0.05, 0) is 62.2 Å². The number of nitrogens with zero attached hydrogens (tertiary/aromatic N) is 3. The summed E-state index contributed by atoms with van der Waals surface area (Å²) in [6.07, 6.45) is 2.61. The van der Waals surface area contributed by atoms with E-state index in [1.165, 1.54) is 5.56 Å². The van der Waals surface area contributed by atoms with E-state index in [1.54, 1.807) is 18.3 Å². The van der Waals surface area contributed by atoms with E-state index in [9.17, 15) is 4.79 Å². The minimum atomic E-state index is -0.312. The third-order valence-electron chi connectivity index (χ3n) is 6.29. The van der Waals surface area contributed by atoms with Crippen LogP contribution in [-0.4, -0.2) is 47.6 Å². The molecule has 0 N–H and O–H groups in total. The molecule has 0 amide bonds. The molecule has 2 heterocycles. The molecule has 6 nitrogen and oxygen atoms in total. The third kappa shape index (κ3) is 6.61. The third-order valence-corrected chi connectivity index (χ3v) is 6.29. The molecule has 0 spiro atoms. The first-order valence-electron chi connectivity index (χ1n) is 12.4. The summed E-state index contributed by atoms with van der Waals surface area (Å²) in [4.78, 5) is 21.8. The van der Waals surface area contributed by atoms with Gasteiger partial charge in [0.1, 0.15) is 23.7 Å². The molecule has 6 heteroatoms. The van der Waals surface area contributed by atoms with Crippen molar-refractivity contribution in [2.45, 2.75) is 52.5 Å². The van der Waals surface area contributed by atoms with Gasteiger partial charge in [-0.1, -0.05) is 49.4 Å². The zero-order valence-electron chi connectivity index (χ0n) is 20.9. The van der Waals surface area contributed by atoms with Gasteiger partial charge < -0.3 is 14.4 Å². The van der Waals surface area contributed by atoms with Gasteiger partial charge in [0.05, 0.1) is 6.10 Å². The van der Waals surface area contributed by atoms with Gasteiger partial charge in [0, 0.05) is 31.9 Å². The number of benzene rings is 2. The van der Waals surface area contributed by atoms with Crippen LogP contribution in [0.25, 0.3) is 0 Å². The highest BCUT2D eigenvalue weighted by Gasteiger charge is 2.30. The number of ether oxygens (including phenoxy) is 2. The van der Waals surface area contributed by atoms with Crippen molar-refractivity contribution < 1.29 is 14.3 Å². The summed E-state index contributed by atoms with van der Waals surface area (Å²) in [6, 6.07) is 22.6. The molecule has 0 bridgehead atoms. The Morgan fingerprint density at radius 3 is 2.54 bits per heavy atom. The molecule has 1 atom stereocenters. The Bertz CT molecular complexity index is 1090. The zero-order valence-corrected chi connectivity index (χ0v) is 20.9. The maximum Gasteiger partial charge on any atom is 0.342 e. The van der Waals surface area contributed by atoms with E-state index < -0.39 is 0 Å². The van der Waals surface area contributed by atoms with Gasteiger partial charge in [-0.3, -0.25) is 4.90 Å². The second-order valence-electron chi connectivity index (χ2n) is 9.20. The number of esters is 1. The van der Waals surface area contributed by atoms with E-state index in [4.69, 9.17) is 9.47 Å². The Kier molecular flexibility index (Phi) is 8.37. The SMILES string of the molecule is CCN(Cc1ccc(OCc2ccccc2)cc1)C1CCN(c2ncccc2C(=O)OC(C)C)C1. The molecule has 184 valence electrons. The van der Waals surface area contributed by atoms with Crippen molar-refractivity contribution in [2.75, 3.05) is 24.5 Å². The van der Waals surface area contributed by atoms with Gasteiger partial charge >= 0.3 is 5.97 Å². The first kappa shape index (κ1) is 24.7. The Morgan fingerprint density at radius 1 is 1.06 bits per heavy atom. The van der Waals surface area contributed by atoms with Crippen molar-refractivity contribution in [1.82, 2.24) is 9.88 Å². The normalized spacial score (nSPS) is 15.6. The van der Waals surface area contributed by atoms with E-state index in [1.807, 2.05) is 44.2 Å². The molecule has 1 saturated heterocycles. The van der Waals surface area contributed by atoms with Crippen LogP contribution < -0.4 is 9.64 Å². The predicted molar refractivity (Wildman–Crippen MR) is 139 cm³/mol. The number of carbonyl (C=O) groups is 1. The van der Waals surface area contributed by atoms with Crippen molar-refractivity contribution in [3.63, 3.8) is 0 Å². The highest BCUT2D eigenvalue weighted by molar-refractivity contribution is 5.94. The number of likely N-dealkylation sites (N-methyl/N-ethyl adjacent to an activating group) is 1.